The van der Waals surface area contributed by atoms with Crippen LogP contribution >= 0.6 is 0 Å². The fourth-order valence-electron chi connectivity index (χ4n) is 4.03. The average molecular weight is 505 g/mol. The summed E-state index contributed by atoms with van der Waals surface area (Å²) >= 11 is 0. The number of hydroxylamine groups is 1. The van der Waals surface area contributed by atoms with Gasteiger partial charge in [0, 0.05) is 37.2 Å². The minimum Gasteiger partial charge on any atom is -0.388 e. The van der Waals surface area contributed by atoms with Gasteiger partial charge in [0.1, 0.15) is 12.1 Å². The molecule has 37 heavy (non-hydrogen) atoms. The molecule has 0 bridgehead atoms. The number of unbranched alkanes of at least 4 members (excludes halogenated alkanes) is 2. The van der Waals surface area contributed by atoms with Gasteiger partial charge in [-0.1, -0.05) is 55.3 Å². The van der Waals surface area contributed by atoms with Gasteiger partial charge in [0.25, 0.3) is 5.91 Å². The molecular formula is C28H32N4O5. The van der Waals surface area contributed by atoms with Crippen LogP contribution in [0.3, 0.4) is 0 Å². The number of carbonyl (C=O) groups is 3. The van der Waals surface area contributed by atoms with Crippen LogP contribution in [0.25, 0.3) is 21.8 Å². The van der Waals surface area contributed by atoms with Crippen LogP contribution in [0.4, 0.5) is 0 Å². The molecule has 194 valence electrons. The molecule has 0 aliphatic heterocycles. The second-order valence-electron chi connectivity index (χ2n) is 8.61. The second-order valence-corrected chi connectivity index (χ2v) is 8.61. The predicted octanol–water partition coefficient (Wildman–Crippen LogP) is 4.72. The third-order valence-corrected chi connectivity index (χ3v) is 5.86. The van der Waals surface area contributed by atoms with Crippen LogP contribution in [0.1, 0.15) is 64.7 Å². The topological polar surface area (TPSA) is 133 Å². The fourth-order valence-corrected chi connectivity index (χ4v) is 4.03. The number of aldehydes is 1. The van der Waals surface area contributed by atoms with Gasteiger partial charge in [-0.3, -0.25) is 19.6 Å². The van der Waals surface area contributed by atoms with Crippen LogP contribution in [0.5, 0.6) is 0 Å². The van der Waals surface area contributed by atoms with E-state index in [1.54, 1.807) is 44.0 Å². The number of ether oxygens (including phenoxy) is 1. The van der Waals surface area contributed by atoms with Gasteiger partial charge in [0.15, 0.2) is 0 Å². The molecule has 4 rings (SSSR count). The van der Waals surface area contributed by atoms with E-state index in [9.17, 15) is 14.4 Å². The summed E-state index contributed by atoms with van der Waals surface area (Å²) in [6.07, 6.45) is 3.75. The van der Waals surface area contributed by atoms with Gasteiger partial charge in [-0.05, 0) is 36.4 Å². The third kappa shape index (κ3) is 7.45. The molecule has 1 atom stereocenters. The maximum Gasteiger partial charge on any atom is 0.251 e. The number of nitrogens with one attached hydrogen (secondary N) is 3. The summed E-state index contributed by atoms with van der Waals surface area (Å²) in [6.45, 7) is 0. The van der Waals surface area contributed by atoms with E-state index in [4.69, 9.17) is 10.2 Å². The van der Waals surface area contributed by atoms with Crippen LogP contribution in [-0.4, -0.2) is 47.5 Å². The SMILES string of the molecule is COC.O=Cc1ccc(C(=O)NC(CCCCCC(=O)NO)c2nc3c(ccc4ccccc43)[nH]2)cc1. The van der Waals surface area contributed by atoms with Gasteiger partial charge in [0.05, 0.1) is 17.1 Å². The van der Waals surface area contributed by atoms with Crippen molar-refractivity contribution < 1.29 is 24.3 Å². The number of amides is 2. The molecule has 1 unspecified atom stereocenters. The minimum absolute atomic E-state index is 0.243. The second kappa shape index (κ2) is 13.9. The number of hydrogen-bond donors (Lipinski definition) is 4. The van der Waals surface area contributed by atoms with Crippen molar-refractivity contribution in [2.24, 2.45) is 0 Å². The van der Waals surface area contributed by atoms with E-state index in [1.165, 1.54) is 0 Å². The van der Waals surface area contributed by atoms with Gasteiger partial charge < -0.3 is 15.0 Å². The van der Waals surface area contributed by atoms with Crippen molar-refractivity contribution in [1.29, 1.82) is 0 Å². The van der Waals surface area contributed by atoms with E-state index in [0.717, 1.165) is 40.9 Å². The van der Waals surface area contributed by atoms with Crippen molar-refractivity contribution in [3.8, 4) is 0 Å². The molecule has 0 radical (unpaired) electrons. The Bertz CT molecular complexity index is 1330. The lowest BCUT2D eigenvalue weighted by Gasteiger charge is -2.17. The molecule has 0 spiro atoms. The number of imidazole rings is 1. The van der Waals surface area contributed by atoms with Gasteiger partial charge >= 0.3 is 0 Å². The summed E-state index contributed by atoms with van der Waals surface area (Å²) in [4.78, 5) is 43.3. The van der Waals surface area contributed by atoms with Crippen LogP contribution in [-0.2, 0) is 9.53 Å². The number of rotatable bonds is 10. The lowest BCUT2D eigenvalue weighted by Crippen LogP contribution is -2.29. The summed E-state index contributed by atoms with van der Waals surface area (Å²) in [5, 5.41) is 13.8. The molecule has 0 aliphatic rings. The maximum absolute atomic E-state index is 13.0. The Labute approximate surface area is 215 Å². The lowest BCUT2D eigenvalue weighted by molar-refractivity contribution is -0.129. The zero-order valence-electron chi connectivity index (χ0n) is 21.0. The Kier molecular flexibility index (Phi) is 10.3. The smallest absolute Gasteiger partial charge is 0.251 e. The zero-order valence-corrected chi connectivity index (χ0v) is 21.0. The highest BCUT2D eigenvalue weighted by Crippen LogP contribution is 2.27. The Morgan fingerprint density at radius 3 is 2.46 bits per heavy atom. The normalized spacial score (nSPS) is 11.4. The molecule has 9 nitrogen and oxygen atoms in total. The third-order valence-electron chi connectivity index (χ3n) is 5.86. The van der Waals surface area contributed by atoms with Crippen molar-refractivity contribution in [2.75, 3.05) is 14.2 Å². The lowest BCUT2D eigenvalue weighted by atomic mass is 10.1. The molecule has 0 aliphatic carbocycles. The van der Waals surface area contributed by atoms with Crippen LogP contribution in [0, 0.1) is 0 Å². The van der Waals surface area contributed by atoms with Crippen LogP contribution in [0.15, 0.2) is 60.7 Å². The highest BCUT2D eigenvalue weighted by Gasteiger charge is 2.20. The Morgan fingerprint density at radius 1 is 1.03 bits per heavy atom. The van der Waals surface area contributed by atoms with Gasteiger partial charge in [0.2, 0.25) is 5.91 Å². The summed E-state index contributed by atoms with van der Waals surface area (Å²) in [5.41, 5.74) is 4.34. The number of aromatic nitrogens is 2. The quantitative estimate of drug-likeness (QED) is 0.107. The molecule has 3 aromatic carbocycles. The van der Waals surface area contributed by atoms with E-state index >= 15 is 0 Å². The first-order valence-electron chi connectivity index (χ1n) is 12.1. The van der Waals surface area contributed by atoms with Crippen LogP contribution < -0.4 is 10.8 Å². The van der Waals surface area contributed by atoms with Crippen molar-refractivity contribution in [3.63, 3.8) is 0 Å². The molecule has 9 heteroatoms. The van der Waals surface area contributed by atoms with Crippen molar-refractivity contribution >= 4 is 39.9 Å². The molecule has 1 aromatic heterocycles. The van der Waals surface area contributed by atoms with Crippen molar-refractivity contribution in [2.45, 2.75) is 38.1 Å². The average Bonchev–Trinajstić information content (AvgIpc) is 3.37. The fraction of sp³-hybridized carbons (Fsp3) is 0.286. The number of benzene rings is 3. The molecule has 4 aromatic rings. The van der Waals surface area contributed by atoms with E-state index in [2.05, 4.69) is 15.0 Å². The minimum atomic E-state index is -0.409. The number of carbonyl (C=O) groups excluding carboxylic acids is 3. The molecular weight excluding hydrogens is 472 g/mol. The Morgan fingerprint density at radius 2 is 1.76 bits per heavy atom. The number of aromatic amines is 1. The largest absolute Gasteiger partial charge is 0.388 e. The molecule has 1 heterocycles. The molecule has 4 N–H and O–H groups in total. The monoisotopic (exact) mass is 504 g/mol. The highest BCUT2D eigenvalue weighted by atomic mass is 16.5. The molecule has 0 saturated carbocycles. The highest BCUT2D eigenvalue weighted by molar-refractivity contribution is 6.04. The Hall–Kier alpha value is -4.08. The van der Waals surface area contributed by atoms with E-state index in [1.807, 2.05) is 36.4 Å². The summed E-state index contributed by atoms with van der Waals surface area (Å²) in [5.74, 6) is -0.00229. The van der Waals surface area contributed by atoms with Crippen LogP contribution in [0.2, 0.25) is 0 Å². The van der Waals surface area contributed by atoms with E-state index < -0.39 is 5.91 Å². The number of fused-ring (bicyclic) bond motifs is 3. The number of H-pyrrole nitrogens is 1. The van der Waals surface area contributed by atoms with Crippen molar-refractivity contribution in [3.05, 3.63) is 77.6 Å². The van der Waals surface area contributed by atoms with Crippen molar-refractivity contribution in [1.82, 2.24) is 20.8 Å². The zero-order chi connectivity index (χ0) is 26.6. The van der Waals surface area contributed by atoms with Gasteiger partial charge in [-0.2, -0.15) is 0 Å². The predicted molar refractivity (Wildman–Crippen MR) is 142 cm³/mol. The number of nitrogens with zero attached hydrogens (tertiary/aromatic N) is 1. The standard InChI is InChI=1S/C26H26N4O4.C2H6O/c31-16-17-10-12-19(13-11-17)26(33)28-22(8-2-1-3-9-23(32)30-34)25-27-21-15-14-18-6-4-5-7-20(18)24(21)29-25;1-3-2/h4-7,10-16,22,34H,1-3,8-9H2,(H,27,29)(H,28,33)(H,30,32);1-2H3. The molecule has 0 fully saturated rings. The van der Waals surface area contributed by atoms with E-state index in [-0.39, 0.29) is 18.4 Å². The number of hydrogen-bond acceptors (Lipinski definition) is 6. The summed E-state index contributed by atoms with van der Waals surface area (Å²) in [6, 6.07) is 18.1. The summed E-state index contributed by atoms with van der Waals surface area (Å²) in [7, 11) is 3.25. The first-order chi connectivity index (χ1) is 18.0. The maximum atomic E-state index is 13.0. The first kappa shape index (κ1) is 27.5. The Balaban J connectivity index is 0.00000121. The van der Waals surface area contributed by atoms with E-state index in [0.29, 0.717) is 29.8 Å². The molecule has 0 saturated heterocycles. The van der Waals surface area contributed by atoms with Gasteiger partial charge in [-0.15, -0.1) is 0 Å². The summed E-state index contributed by atoms with van der Waals surface area (Å²) < 4.78 is 4.25. The van der Waals surface area contributed by atoms with Gasteiger partial charge in [-0.25, -0.2) is 10.5 Å². The number of methoxy groups -OCH3 is 1. The molecule has 2 amide bonds. The first-order valence-corrected chi connectivity index (χ1v) is 12.1.